The van der Waals surface area contributed by atoms with Crippen molar-refractivity contribution in [2.45, 2.75) is 38.6 Å². The highest BCUT2D eigenvalue weighted by molar-refractivity contribution is 5.91. The highest BCUT2D eigenvalue weighted by Crippen LogP contribution is 2.23. The number of hydrogen-bond donors (Lipinski definition) is 1. The van der Waals surface area contributed by atoms with Gasteiger partial charge in [-0.3, -0.25) is 4.79 Å². The Hall–Kier alpha value is -1.57. The molecule has 2 heteroatoms. The highest BCUT2D eigenvalue weighted by Gasteiger charge is 2.21. The Bertz CT molecular complexity index is 410. The molecular formula is C16H21NO. The average molecular weight is 243 g/mol. The molecule has 2 nitrogen and oxygen atoms in total. The molecule has 0 radical (unpaired) electrons. The fourth-order valence-electron chi connectivity index (χ4n) is 2.50. The van der Waals surface area contributed by atoms with Crippen molar-refractivity contribution < 1.29 is 4.79 Å². The summed E-state index contributed by atoms with van der Waals surface area (Å²) in [5.41, 5.74) is 1.06. The van der Waals surface area contributed by atoms with E-state index >= 15 is 0 Å². The first kappa shape index (κ1) is 12.9. The van der Waals surface area contributed by atoms with Crippen molar-refractivity contribution >= 4 is 12.0 Å². The van der Waals surface area contributed by atoms with Crippen LogP contribution in [0.2, 0.25) is 0 Å². The summed E-state index contributed by atoms with van der Waals surface area (Å²) in [6.07, 6.45) is 8.38. The maximum atomic E-state index is 11.8. The lowest BCUT2D eigenvalue weighted by Gasteiger charge is -2.29. The van der Waals surface area contributed by atoms with Crippen LogP contribution in [-0.2, 0) is 4.79 Å². The summed E-state index contributed by atoms with van der Waals surface area (Å²) in [6, 6.07) is 10.3. The van der Waals surface area contributed by atoms with E-state index in [1.165, 1.54) is 19.3 Å². The van der Waals surface area contributed by atoms with Crippen LogP contribution in [0.5, 0.6) is 0 Å². The third kappa shape index (κ3) is 3.73. The van der Waals surface area contributed by atoms with E-state index in [2.05, 4.69) is 12.2 Å². The molecule has 0 spiro atoms. The summed E-state index contributed by atoms with van der Waals surface area (Å²) in [5.74, 6) is 0.630. The number of hydrogen-bond acceptors (Lipinski definition) is 1. The third-order valence-corrected chi connectivity index (χ3v) is 3.67. The molecule has 0 aliphatic heterocycles. The van der Waals surface area contributed by atoms with Gasteiger partial charge in [-0.25, -0.2) is 0 Å². The Morgan fingerprint density at radius 3 is 2.67 bits per heavy atom. The first-order chi connectivity index (χ1) is 8.75. The summed E-state index contributed by atoms with van der Waals surface area (Å²) >= 11 is 0. The lowest BCUT2D eigenvalue weighted by molar-refractivity contribution is -0.117. The number of amides is 1. The first-order valence-electron chi connectivity index (χ1n) is 6.79. The van der Waals surface area contributed by atoms with Gasteiger partial charge in [-0.15, -0.1) is 0 Å². The lowest BCUT2D eigenvalue weighted by atomic mass is 9.86. The van der Waals surface area contributed by atoms with Gasteiger partial charge in [0.25, 0.3) is 0 Å². The van der Waals surface area contributed by atoms with E-state index in [0.717, 1.165) is 12.0 Å². The van der Waals surface area contributed by atoms with Gasteiger partial charge in [-0.2, -0.15) is 0 Å². The van der Waals surface area contributed by atoms with Gasteiger partial charge in [-0.1, -0.05) is 50.1 Å². The quantitative estimate of drug-likeness (QED) is 0.810. The molecule has 18 heavy (non-hydrogen) atoms. The van der Waals surface area contributed by atoms with Gasteiger partial charge in [-0.05, 0) is 30.4 Å². The van der Waals surface area contributed by atoms with Crippen LogP contribution < -0.4 is 5.32 Å². The maximum absolute atomic E-state index is 11.8. The van der Waals surface area contributed by atoms with Crippen molar-refractivity contribution in [3.63, 3.8) is 0 Å². The molecule has 2 atom stereocenters. The van der Waals surface area contributed by atoms with Crippen LogP contribution in [0.3, 0.4) is 0 Å². The van der Waals surface area contributed by atoms with Crippen LogP contribution in [0.25, 0.3) is 6.08 Å². The van der Waals surface area contributed by atoms with E-state index in [1.54, 1.807) is 6.08 Å². The van der Waals surface area contributed by atoms with Gasteiger partial charge in [0.15, 0.2) is 0 Å². The minimum atomic E-state index is 0.0256. The molecule has 0 heterocycles. The summed E-state index contributed by atoms with van der Waals surface area (Å²) in [6.45, 7) is 2.23. The van der Waals surface area contributed by atoms with Gasteiger partial charge in [0.2, 0.25) is 5.91 Å². The predicted octanol–water partition coefficient (Wildman–Crippen LogP) is 3.39. The summed E-state index contributed by atoms with van der Waals surface area (Å²) in [7, 11) is 0. The van der Waals surface area contributed by atoms with Gasteiger partial charge in [0, 0.05) is 12.1 Å². The van der Waals surface area contributed by atoms with E-state index in [4.69, 9.17) is 0 Å². The Balaban J connectivity index is 1.86. The Kier molecular flexibility index (Phi) is 4.57. The molecule has 1 fully saturated rings. The Morgan fingerprint density at radius 1 is 1.22 bits per heavy atom. The zero-order valence-electron chi connectivity index (χ0n) is 10.9. The fourth-order valence-corrected chi connectivity index (χ4v) is 2.50. The van der Waals surface area contributed by atoms with E-state index in [0.29, 0.717) is 12.0 Å². The predicted molar refractivity (Wildman–Crippen MR) is 75.0 cm³/mol. The molecule has 2 rings (SSSR count). The summed E-state index contributed by atoms with van der Waals surface area (Å²) in [4.78, 5) is 11.8. The van der Waals surface area contributed by atoms with Crippen molar-refractivity contribution in [2.24, 2.45) is 5.92 Å². The standard InChI is InChI=1S/C16H21NO/c1-13-7-5-6-10-15(13)17-16(18)12-11-14-8-3-2-4-9-14/h2-4,8-9,11-13,15H,5-7,10H2,1H3,(H,17,18)/b12-11+/t13-,15-/m0/s1. The number of carbonyl (C=O) groups is 1. The van der Waals surface area contributed by atoms with Gasteiger partial charge in [0.1, 0.15) is 0 Å². The second-order valence-corrected chi connectivity index (χ2v) is 5.12. The number of rotatable bonds is 3. The van der Waals surface area contributed by atoms with E-state index in [1.807, 2.05) is 36.4 Å². The molecule has 1 saturated carbocycles. The first-order valence-corrected chi connectivity index (χ1v) is 6.79. The number of carbonyl (C=O) groups excluding carboxylic acids is 1. The summed E-state index contributed by atoms with van der Waals surface area (Å²) < 4.78 is 0. The molecule has 0 bridgehead atoms. The molecule has 1 N–H and O–H groups in total. The smallest absolute Gasteiger partial charge is 0.244 e. The second-order valence-electron chi connectivity index (χ2n) is 5.12. The van der Waals surface area contributed by atoms with Crippen molar-refractivity contribution in [2.75, 3.05) is 0 Å². The normalized spacial score (nSPS) is 24.1. The SMILES string of the molecule is C[C@H]1CCCC[C@@H]1NC(=O)/C=C/c1ccccc1. The van der Waals surface area contributed by atoms with E-state index in [-0.39, 0.29) is 5.91 Å². The number of benzene rings is 1. The van der Waals surface area contributed by atoms with Gasteiger partial charge >= 0.3 is 0 Å². The molecule has 96 valence electrons. The van der Waals surface area contributed by atoms with E-state index in [9.17, 15) is 4.79 Å². The topological polar surface area (TPSA) is 29.1 Å². The molecule has 1 aliphatic rings. The van der Waals surface area contributed by atoms with Crippen molar-refractivity contribution in [3.8, 4) is 0 Å². The minimum absolute atomic E-state index is 0.0256. The monoisotopic (exact) mass is 243 g/mol. The molecule has 0 aromatic heterocycles. The second kappa shape index (κ2) is 6.39. The Labute approximate surface area is 109 Å². The number of nitrogens with one attached hydrogen (secondary N) is 1. The van der Waals surface area contributed by atoms with Crippen molar-refractivity contribution in [1.82, 2.24) is 5.32 Å². The fraction of sp³-hybridized carbons (Fsp3) is 0.438. The third-order valence-electron chi connectivity index (χ3n) is 3.67. The van der Waals surface area contributed by atoms with Crippen LogP contribution >= 0.6 is 0 Å². The minimum Gasteiger partial charge on any atom is -0.350 e. The summed E-state index contributed by atoms with van der Waals surface area (Å²) in [5, 5.41) is 3.11. The molecule has 1 aliphatic carbocycles. The van der Waals surface area contributed by atoms with Crippen LogP contribution in [0.4, 0.5) is 0 Å². The molecule has 1 aromatic carbocycles. The van der Waals surface area contributed by atoms with Gasteiger partial charge in [0.05, 0.1) is 0 Å². The van der Waals surface area contributed by atoms with Crippen LogP contribution in [0.15, 0.2) is 36.4 Å². The zero-order valence-corrected chi connectivity index (χ0v) is 10.9. The Morgan fingerprint density at radius 2 is 1.94 bits per heavy atom. The molecule has 1 aromatic rings. The molecular weight excluding hydrogens is 222 g/mol. The maximum Gasteiger partial charge on any atom is 0.244 e. The molecule has 1 amide bonds. The van der Waals surface area contributed by atoms with E-state index < -0.39 is 0 Å². The lowest BCUT2D eigenvalue weighted by Crippen LogP contribution is -2.40. The average Bonchev–Trinajstić information content (AvgIpc) is 2.40. The zero-order chi connectivity index (χ0) is 12.8. The highest BCUT2D eigenvalue weighted by atomic mass is 16.1. The van der Waals surface area contributed by atoms with Crippen molar-refractivity contribution in [1.29, 1.82) is 0 Å². The van der Waals surface area contributed by atoms with Crippen LogP contribution in [-0.4, -0.2) is 11.9 Å². The van der Waals surface area contributed by atoms with Gasteiger partial charge < -0.3 is 5.32 Å². The van der Waals surface area contributed by atoms with Crippen LogP contribution in [0, 0.1) is 5.92 Å². The molecule has 0 unspecified atom stereocenters. The molecule has 0 saturated heterocycles. The van der Waals surface area contributed by atoms with Crippen LogP contribution in [0.1, 0.15) is 38.2 Å². The van der Waals surface area contributed by atoms with Crippen molar-refractivity contribution in [3.05, 3.63) is 42.0 Å². The largest absolute Gasteiger partial charge is 0.350 e.